The van der Waals surface area contributed by atoms with Crippen LogP contribution in [0.25, 0.3) is 0 Å². The van der Waals surface area contributed by atoms with Crippen molar-refractivity contribution in [2.75, 3.05) is 6.61 Å². The summed E-state index contributed by atoms with van der Waals surface area (Å²) in [4.78, 5) is 23.8. The number of hydrogen-bond acceptors (Lipinski definition) is 4. The highest BCUT2D eigenvalue weighted by molar-refractivity contribution is 5.79. The molecule has 5 heteroatoms. The van der Waals surface area contributed by atoms with Crippen LogP contribution in [0.5, 0.6) is 0 Å². The highest BCUT2D eigenvalue weighted by Gasteiger charge is 2.47. The second kappa shape index (κ2) is 5.80. The van der Waals surface area contributed by atoms with Gasteiger partial charge in [0.05, 0.1) is 12.0 Å². The maximum atomic E-state index is 12.0. The molecule has 1 N–H and O–H groups in total. The van der Waals surface area contributed by atoms with E-state index in [0.29, 0.717) is 6.61 Å². The molecule has 0 aromatic heterocycles. The van der Waals surface area contributed by atoms with Crippen LogP contribution in [0.1, 0.15) is 53.9 Å². The molecule has 0 heterocycles. The lowest BCUT2D eigenvalue weighted by Crippen LogP contribution is -2.49. The average molecular weight is 271 g/mol. The van der Waals surface area contributed by atoms with Gasteiger partial charge in [-0.25, -0.2) is 4.79 Å². The molecule has 0 radical (unpaired) electrons. The smallest absolute Gasteiger partial charge is 0.407 e. The number of nitrogens with one attached hydrogen (secondary N) is 1. The van der Waals surface area contributed by atoms with Gasteiger partial charge in [-0.1, -0.05) is 6.42 Å². The van der Waals surface area contributed by atoms with Crippen molar-refractivity contribution in [1.82, 2.24) is 5.32 Å². The van der Waals surface area contributed by atoms with Gasteiger partial charge in [0.15, 0.2) is 0 Å². The molecule has 1 amide bonds. The highest BCUT2D eigenvalue weighted by Crippen LogP contribution is 2.39. The Kier molecular flexibility index (Phi) is 4.82. The van der Waals surface area contributed by atoms with E-state index in [4.69, 9.17) is 9.47 Å². The van der Waals surface area contributed by atoms with Crippen molar-refractivity contribution in [3.63, 3.8) is 0 Å². The molecule has 1 aliphatic rings. The van der Waals surface area contributed by atoms with Gasteiger partial charge < -0.3 is 14.8 Å². The molecule has 0 bridgehead atoms. The van der Waals surface area contributed by atoms with Crippen molar-refractivity contribution in [3.8, 4) is 0 Å². The molecular weight excluding hydrogens is 246 g/mol. The fraction of sp³-hybridized carbons (Fsp3) is 0.857. The van der Waals surface area contributed by atoms with E-state index < -0.39 is 17.1 Å². The summed E-state index contributed by atoms with van der Waals surface area (Å²) in [6, 6.07) is -0.221. The summed E-state index contributed by atoms with van der Waals surface area (Å²) in [6.45, 7) is 9.42. The molecular formula is C14H25NO4. The minimum absolute atomic E-state index is 0.221. The molecule has 0 aromatic rings. The van der Waals surface area contributed by atoms with E-state index in [1.54, 1.807) is 6.92 Å². The Balaban J connectivity index is 2.66. The molecule has 1 rings (SSSR count). The van der Waals surface area contributed by atoms with Crippen molar-refractivity contribution >= 4 is 12.1 Å². The van der Waals surface area contributed by atoms with Gasteiger partial charge in [-0.3, -0.25) is 4.79 Å². The SMILES string of the molecule is CCOC(=O)[C@]1(C)CCC[C@H]1NC(=O)OC(C)(C)C. The molecule has 1 fully saturated rings. The van der Waals surface area contributed by atoms with Crippen LogP contribution in [0.3, 0.4) is 0 Å². The van der Waals surface area contributed by atoms with Gasteiger partial charge in [-0.15, -0.1) is 0 Å². The van der Waals surface area contributed by atoms with Crippen molar-refractivity contribution in [2.24, 2.45) is 5.41 Å². The largest absolute Gasteiger partial charge is 0.466 e. The lowest BCUT2D eigenvalue weighted by atomic mass is 9.85. The zero-order valence-electron chi connectivity index (χ0n) is 12.5. The summed E-state index contributed by atoms with van der Waals surface area (Å²) < 4.78 is 10.3. The van der Waals surface area contributed by atoms with Gasteiger partial charge in [0.2, 0.25) is 0 Å². The first kappa shape index (κ1) is 15.8. The topological polar surface area (TPSA) is 64.6 Å². The van der Waals surface area contributed by atoms with E-state index in [1.807, 2.05) is 27.7 Å². The van der Waals surface area contributed by atoms with Gasteiger partial charge in [0.1, 0.15) is 5.60 Å². The fourth-order valence-electron chi connectivity index (χ4n) is 2.39. The molecule has 1 aliphatic carbocycles. The van der Waals surface area contributed by atoms with E-state index in [1.165, 1.54) is 0 Å². The molecule has 0 aromatic carbocycles. The van der Waals surface area contributed by atoms with Crippen molar-refractivity contribution in [2.45, 2.75) is 65.5 Å². The third kappa shape index (κ3) is 4.11. The zero-order valence-corrected chi connectivity index (χ0v) is 12.5. The highest BCUT2D eigenvalue weighted by atomic mass is 16.6. The molecule has 0 aliphatic heterocycles. The van der Waals surface area contributed by atoms with Crippen LogP contribution in [-0.4, -0.2) is 30.3 Å². The molecule has 0 saturated heterocycles. The number of carbonyl (C=O) groups is 2. The second-order valence-corrected chi connectivity index (χ2v) is 6.23. The summed E-state index contributed by atoms with van der Waals surface area (Å²) in [7, 11) is 0. The van der Waals surface area contributed by atoms with E-state index >= 15 is 0 Å². The Hall–Kier alpha value is -1.26. The first-order chi connectivity index (χ1) is 8.69. The summed E-state index contributed by atoms with van der Waals surface area (Å²) in [6.07, 6.45) is 1.92. The third-order valence-corrected chi connectivity index (χ3v) is 3.39. The summed E-state index contributed by atoms with van der Waals surface area (Å²) in [5, 5.41) is 2.80. The second-order valence-electron chi connectivity index (χ2n) is 6.23. The van der Waals surface area contributed by atoms with E-state index in [-0.39, 0.29) is 12.0 Å². The lowest BCUT2D eigenvalue weighted by Gasteiger charge is -2.30. The number of rotatable bonds is 3. The molecule has 0 spiro atoms. The number of amides is 1. The number of ether oxygens (including phenoxy) is 2. The number of hydrogen-bond donors (Lipinski definition) is 1. The van der Waals surface area contributed by atoms with Crippen molar-refractivity contribution in [1.29, 1.82) is 0 Å². The summed E-state index contributed by atoms with van der Waals surface area (Å²) >= 11 is 0. The van der Waals surface area contributed by atoms with Crippen LogP contribution in [0.4, 0.5) is 4.79 Å². The summed E-state index contributed by atoms with van der Waals surface area (Å²) in [5.41, 5.74) is -1.18. The fourth-order valence-corrected chi connectivity index (χ4v) is 2.39. The molecule has 110 valence electrons. The van der Waals surface area contributed by atoms with Crippen LogP contribution in [0.15, 0.2) is 0 Å². The van der Waals surface area contributed by atoms with Crippen molar-refractivity contribution < 1.29 is 19.1 Å². The first-order valence-electron chi connectivity index (χ1n) is 6.86. The van der Waals surface area contributed by atoms with Gasteiger partial charge in [0.25, 0.3) is 0 Å². The average Bonchev–Trinajstić information content (AvgIpc) is 2.59. The van der Waals surface area contributed by atoms with E-state index in [0.717, 1.165) is 19.3 Å². The number of alkyl carbamates (subject to hydrolysis) is 1. The molecule has 0 unspecified atom stereocenters. The number of esters is 1. The zero-order chi connectivity index (χ0) is 14.7. The van der Waals surface area contributed by atoms with Gasteiger partial charge in [0, 0.05) is 6.04 Å². The summed E-state index contributed by atoms with van der Waals surface area (Å²) in [5.74, 6) is -0.242. The predicted molar refractivity (Wildman–Crippen MR) is 71.7 cm³/mol. The first-order valence-corrected chi connectivity index (χ1v) is 6.86. The van der Waals surface area contributed by atoms with Gasteiger partial charge in [-0.2, -0.15) is 0 Å². The molecule has 5 nitrogen and oxygen atoms in total. The quantitative estimate of drug-likeness (QED) is 0.801. The van der Waals surface area contributed by atoms with Crippen LogP contribution in [0.2, 0.25) is 0 Å². The standard InChI is InChI=1S/C14H25NO4/c1-6-18-11(16)14(5)9-7-8-10(14)15-12(17)19-13(2,3)4/h10H,6-9H2,1-5H3,(H,15,17)/t10-,14-/m1/s1. The minimum atomic E-state index is -0.646. The predicted octanol–water partition coefficient (Wildman–Crippen LogP) is 2.63. The van der Waals surface area contributed by atoms with E-state index in [2.05, 4.69) is 5.32 Å². The number of carbonyl (C=O) groups excluding carboxylic acids is 2. The normalized spacial score (nSPS) is 26.9. The van der Waals surface area contributed by atoms with Gasteiger partial charge >= 0.3 is 12.1 Å². The van der Waals surface area contributed by atoms with Crippen LogP contribution in [-0.2, 0) is 14.3 Å². The lowest BCUT2D eigenvalue weighted by molar-refractivity contribution is -0.155. The van der Waals surface area contributed by atoms with E-state index in [9.17, 15) is 9.59 Å². The molecule has 1 saturated carbocycles. The van der Waals surface area contributed by atoms with Gasteiger partial charge in [-0.05, 0) is 47.5 Å². The maximum absolute atomic E-state index is 12.0. The third-order valence-electron chi connectivity index (χ3n) is 3.39. The maximum Gasteiger partial charge on any atom is 0.407 e. The Morgan fingerprint density at radius 1 is 1.37 bits per heavy atom. The minimum Gasteiger partial charge on any atom is -0.466 e. The van der Waals surface area contributed by atoms with Crippen LogP contribution < -0.4 is 5.32 Å². The monoisotopic (exact) mass is 271 g/mol. The Bertz CT molecular complexity index is 348. The molecule has 2 atom stereocenters. The Morgan fingerprint density at radius 3 is 2.53 bits per heavy atom. The van der Waals surface area contributed by atoms with Crippen LogP contribution >= 0.6 is 0 Å². The molecule has 19 heavy (non-hydrogen) atoms. The Morgan fingerprint density at radius 2 is 2.00 bits per heavy atom. The van der Waals surface area contributed by atoms with Crippen molar-refractivity contribution in [3.05, 3.63) is 0 Å². The van der Waals surface area contributed by atoms with Crippen LogP contribution in [0, 0.1) is 5.41 Å². The Labute approximate surface area is 115 Å².